The monoisotopic (exact) mass is 351 g/mol. The van der Waals surface area contributed by atoms with Gasteiger partial charge in [-0.25, -0.2) is 4.39 Å². The number of hydrogen-bond donors (Lipinski definition) is 2. The van der Waals surface area contributed by atoms with Gasteiger partial charge in [-0.2, -0.15) is 0 Å². The lowest BCUT2D eigenvalue weighted by atomic mass is 10.2. The van der Waals surface area contributed by atoms with E-state index in [1.54, 1.807) is 48.8 Å². The van der Waals surface area contributed by atoms with E-state index >= 15 is 0 Å². The van der Waals surface area contributed by atoms with Gasteiger partial charge in [0.25, 0.3) is 11.8 Å². The third-order valence-corrected chi connectivity index (χ3v) is 3.38. The highest BCUT2D eigenvalue weighted by Gasteiger charge is 2.09. The lowest BCUT2D eigenvalue weighted by molar-refractivity contribution is 0.0846. The summed E-state index contributed by atoms with van der Waals surface area (Å²) in [6.45, 7) is 0. The van der Waals surface area contributed by atoms with Gasteiger partial charge in [0.2, 0.25) is 0 Å². The molecule has 3 aromatic rings. The second-order valence-electron chi connectivity index (χ2n) is 5.23. The van der Waals surface area contributed by atoms with Gasteiger partial charge in [0, 0.05) is 17.3 Å². The van der Waals surface area contributed by atoms with Gasteiger partial charge in [-0.1, -0.05) is 0 Å². The first kappa shape index (κ1) is 17.1. The van der Waals surface area contributed by atoms with Crippen LogP contribution in [0.1, 0.15) is 20.7 Å². The molecule has 0 aliphatic carbocycles. The number of carbonyl (C=O) groups is 2. The smallest absolute Gasteiger partial charge is 0.269 e. The number of ether oxygens (including phenoxy) is 1. The first-order valence-corrected chi connectivity index (χ1v) is 7.66. The average molecular weight is 351 g/mol. The van der Waals surface area contributed by atoms with Crippen LogP contribution in [0, 0.1) is 5.82 Å². The van der Waals surface area contributed by atoms with Gasteiger partial charge in [0.05, 0.1) is 6.20 Å². The van der Waals surface area contributed by atoms with E-state index in [4.69, 9.17) is 4.74 Å². The molecule has 2 N–H and O–H groups in total. The molecule has 2 amide bonds. The quantitative estimate of drug-likeness (QED) is 0.708. The van der Waals surface area contributed by atoms with Crippen LogP contribution in [0.25, 0.3) is 0 Å². The van der Waals surface area contributed by atoms with Crippen LogP contribution in [0.15, 0.2) is 73.1 Å². The van der Waals surface area contributed by atoms with E-state index < -0.39 is 17.6 Å². The van der Waals surface area contributed by atoms with Crippen molar-refractivity contribution in [1.82, 2.24) is 15.8 Å². The van der Waals surface area contributed by atoms with E-state index in [0.29, 0.717) is 17.1 Å². The summed E-state index contributed by atoms with van der Waals surface area (Å²) in [6.07, 6.45) is 3.21. The van der Waals surface area contributed by atoms with E-state index in [-0.39, 0.29) is 5.56 Å². The molecule has 0 aliphatic heterocycles. The van der Waals surface area contributed by atoms with Gasteiger partial charge in [-0.3, -0.25) is 25.4 Å². The van der Waals surface area contributed by atoms with Crippen molar-refractivity contribution in [2.75, 3.05) is 0 Å². The highest BCUT2D eigenvalue weighted by Crippen LogP contribution is 2.20. The summed E-state index contributed by atoms with van der Waals surface area (Å²) < 4.78 is 18.4. The zero-order chi connectivity index (χ0) is 18.4. The fraction of sp³-hybridized carbons (Fsp3) is 0. The summed E-state index contributed by atoms with van der Waals surface area (Å²) in [5.41, 5.74) is 5.13. The van der Waals surface area contributed by atoms with E-state index in [2.05, 4.69) is 15.8 Å². The predicted molar refractivity (Wildman–Crippen MR) is 92.1 cm³/mol. The molecule has 0 radical (unpaired) electrons. The third kappa shape index (κ3) is 4.41. The number of rotatable bonds is 4. The number of pyridine rings is 1. The second-order valence-corrected chi connectivity index (χ2v) is 5.23. The number of carbonyl (C=O) groups excluding carboxylic acids is 2. The van der Waals surface area contributed by atoms with Crippen LogP contribution in [0.4, 0.5) is 4.39 Å². The van der Waals surface area contributed by atoms with Crippen molar-refractivity contribution in [2.45, 2.75) is 0 Å². The number of amides is 2. The Morgan fingerprint density at radius 3 is 1.92 bits per heavy atom. The molecule has 0 unspecified atom stereocenters. The van der Waals surface area contributed by atoms with Crippen molar-refractivity contribution in [3.8, 4) is 11.5 Å². The molecule has 0 spiro atoms. The molecule has 0 saturated heterocycles. The van der Waals surface area contributed by atoms with Crippen LogP contribution in [0.5, 0.6) is 11.5 Å². The van der Waals surface area contributed by atoms with E-state index in [1.165, 1.54) is 12.1 Å². The van der Waals surface area contributed by atoms with E-state index in [9.17, 15) is 14.0 Å². The molecule has 2 aromatic carbocycles. The van der Waals surface area contributed by atoms with Crippen molar-refractivity contribution >= 4 is 11.8 Å². The number of hydrogen-bond acceptors (Lipinski definition) is 4. The maximum absolute atomic E-state index is 12.8. The summed E-state index contributed by atoms with van der Waals surface area (Å²) in [7, 11) is 0. The van der Waals surface area contributed by atoms with E-state index in [1.807, 2.05) is 0 Å². The summed E-state index contributed by atoms with van der Waals surface area (Å²) in [5, 5.41) is 0. The van der Waals surface area contributed by atoms with Gasteiger partial charge in [-0.15, -0.1) is 0 Å². The van der Waals surface area contributed by atoms with Crippen LogP contribution in [0.2, 0.25) is 0 Å². The van der Waals surface area contributed by atoms with Crippen molar-refractivity contribution in [1.29, 1.82) is 0 Å². The Hall–Kier alpha value is -3.74. The standard InChI is InChI=1S/C19H14FN3O3/c20-15-7-3-13(4-8-15)18(24)22-23-19(25)14-5-9-16(10-6-14)26-17-2-1-11-21-12-17/h1-12H,(H,22,24)(H,23,25). The fourth-order valence-corrected chi connectivity index (χ4v) is 2.08. The highest BCUT2D eigenvalue weighted by molar-refractivity contribution is 5.99. The molecule has 7 heteroatoms. The molecule has 0 atom stereocenters. The largest absolute Gasteiger partial charge is 0.456 e. The fourth-order valence-electron chi connectivity index (χ4n) is 2.08. The van der Waals surface area contributed by atoms with Gasteiger partial charge in [-0.05, 0) is 60.7 Å². The maximum atomic E-state index is 12.8. The zero-order valence-electron chi connectivity index (χ0n) is 13.5. The topological polar surface area (TPSA) is 80.3 Å². The SMILES string of the molecule is O=C(NNC(=O)c1ccc(Oc2cccnc2)cc1)c1ccc(F)cc1. The molecular formula is C19H14FN3O3. The van der Waals surface area contributed by atoms with Crippen LogP contribution in [-0.2, 0) is 0 Å². The van der Waals surface area contributed by atoms with Crippen molar-refractivity contribution < 1.29 is 18.7 Å². The molecule has 0 fully saturated rings. The minimum absolute atomic E-state index is 0.229. The number of aromatic nitrogens is 1. The number of benzene rings is 2. The lowest BCUT2D eigenvalue weighted by Gasteiger charge is -2.08. The Balaban J connectivity index is 1.56. The molecule has 0 aliphatic rings. The average Bonchev–Trinajstić information content (AvgIpc) is 2.68. The lowest BCUT2D eigenvalue weighted by Crippen LogP contribution is -2.41. The molecule has 6 nitrogen and oxygen atoms in total. The number of nitrogens with zero attached hydrogens (tertiary/aromatic N) is 1. The number of halogens is 1. The van der Waals surface area contributed by atoms with Crippen LogP contribution < -0.4 is 15.6 Å². The molecule has 130 valence electrons. The summed E-state index contributed by atoms with van der Waals surface area (Å²) in [4.78, 5) is 27.9. The molecule has 0 saturated carbocycles. The Kier molecular flexibility index (Phi) is 5.19. The minimum atomic E-state index is -0.546. The Morgan fingerprint density at radius 1 is 0.808 bits per heavy atom. The zero-order valence-corrected chi connectivity index (χ0v) is 13.5. The first-order chi connectivity index (χ1) is 12.6. The summed E-state index contributed by atoms with van der Waals surface area (Å²) in [6, 6.07) is 14.9. The van der Waals surface area contributed by atoms with Crippen LogP contribution >= 0.6 is 0 Å². The third-order valence-electron chi connectivity index (χ3n) is 3.38. The van der Waals surface area contributed by atoms with Gasteiger partial charge in [0.15, 0.2) is 0 Å². The molecule has 1 heterocycles. The Morgan fingerprint density at radius 2 is 1.38 bits per heavy atom. The number of hydrazine groups is 1. The molecular weight excluding hydrogens is 337 g/mol. The van der Waals surface area contributed by atoms with Gasteiger partial charge in [0.1, 0.15) is 17.3 Å². The summed E-state index contributed by atoms with van der Waals surface area (Å²) in [5.74, 6) is -0.358. The van der Waals surface area contributed by atoms with Crippen LogP contribution in [0.3, 0.4) is 0 Å². The maximum Gasteiger partial charge on any atom is 0.269 e. The Labute approximate surface area is 148 Å². The van der Waals surface area contributed by atoms with Gasteiger partial charge >= 0.3 is 0 Å². The molecule has 26 heavy (non-hydrogen) atoms. The highest BCUT2D eigenvalue weighted by atomic mass is 19.1. The van der Waals surface area contributed by atoms with Crippen molar-refractivity contribution in [2.24, 2.45) is 0 Å². The van der Waals surface area contributed by atoms with Crippen molar-refractivity contribution in [3.05, 3.63) is 90.0 Å². The van der Waals surface area contributed by atoms with E-state index in [0.717, 1.165) is 12.1 Å². The molecule has 0 bridgehead atoms. The summed E-state index contributed by atoms with van der Waals surface area (Å²) >= 11 is 0. The predicted octanol–water partition coefficient (Wildman–Crippen LogP) is 3.09. The number of nitrogens with one attached hydrogen (secondary N) is 2. The molecule has 1 aromatic heterocycles. The van der Waals surface area contributed by atoms with Crippen molar-refractivity contribution in [3.63, 3.8) is 0 Å². The van der Waals surface area contributed by atoms with Gasteiger partial charge < -0.3 is 4.74 Å². The second kappa shape index (κ2) is 7.89. The Bertz CT molecular complexity index is 898. The first-order valence-electron chi connectivity index (χ1n) is 7.66. The van der Waals surface area contributed by atoms with Crippen LogP contribution in [-0.4, -0.2) is 16.8 Å². The minimum Gasteiger partial charge on any atom is -0.456 e. The normalized spacial score (nSPS) is 10.0. The molecule has 3 rings (SSSR count).